The first-order chi connectivity index (χ1) is 10.2. The third-order valence-corrected chi connectivity index (χ3v) is 3.55. The second-order valence-corrected chi connectivity index (χ2v) is 5.36. The third kappa shape index (κ3) is 2.84. The maximum Gasteiger partial charge on any atom is 0.153 e. The maximum atomic E-state index is 11.3. The maximum absolute atomic E-state index is 11.3. The van der Waals surface area contributed by atoms with Gasteiger partial charge in [0.25, 0.3) is 0 Å². The fourth-order valence-corrected chi connectivity index (χ4v) is 2.37. The van der Waals surface area contributed by atoms with Gasteiger partial charge < -0.3 is 0 Å². The molecular weight excluding hydrogens is 307 g/mol. The average Bonchev–Trinajstić information content (AvgIpc) is 2.92. The van der Waals surface area contributed by atoms with Crippen molar-refractivity contribution in [1.29, 1.82) is 0 Å². The van der Waals surface area contributed by atoms with Crippen LogP contribution in [-0.2, 0) is 0 Å². The van der Waals surface area contributed by atoms with E-state index >= 15 is 0 Å². The van der Waals surface area contributed by atoms with Gasteiger partial charge in [0.2, 0.25) is 0 Å². The molecule has 1 heterocycles. The van der Waals surface area contributed by atoms with Crippen LogP contribution in [0.3, 0.4) is 0 Å². The number of aldehydes is 1. The molecule has 3 aromatic rings. The van der Waals surface area contributed by atoms with Gasteiger partial charge in [-0.25, -0.2) is 4.68 Å². The van der Waals surface area contributed by atoms with E-state index in [1.54, 1.807) is 35.1 Å². The molecule has 0 saturated carbocycles. The zero-order valence-electron chi connectivity index (χ0n) is 10.8. The van der Waals surface area contributed by atoms with Crippen LogP contribution < -0.4 is 0 Å². The van der Waals surface area contributed by atoms with E-state index in [-0.39, 0.29) is 0 Å². The lowest BCUT2D eigenvalue weighted by molar-refractivity contribution is 0.112. The van der Waals surface area contributed by atoms with E-state index in [4.69, 9.17) is 23.2 Å². The van der Waals surface area contributed by atoms with Crippen LogP contribution >= 0.6 is 23.2 Å². The molecule has 0 saturated heterocycles. The average molecular weight is 317 g/mol. The first kappa shape index (κ1) is 13.9. The molecule has 0 atom stereocenters. The van der Waals surface area contributed by atoms with Crippen LogP contribution in [0.5, 0.6) is 0 Å². The van der Waals surface area contributed by atoms with Crippen molar-refractivity contribution in [2.24, 2.45) is 0 Å². The first-order valence-corrected chi connectivity index (χ1v) is 7.00. The molecule has 2 aromatic carbocycles. The van der Waals surface area contributed by atoms with Crippen molar-refractivity contribution in [2.45, 2.75) is 0 Å². The minimum atomic E-state index is 0.511. The Morgan fingerprint density at radius 2 is 1.76 bits per heavy atom. The molecule has 0 spiro atoms. The summed E-state index contributed by atoms with van der Waals surface area (Å²) < 4.78 is 1.64. The predicted octanol–water partition coefficient (Wildman–Crippen LogP) is 4.66. The monoisotopic (exact) mass is 316 g/mol. The summed E-state index contributed by atoms with van der Waals surface area (Å²) in [6, 6.07) is 14.5. The van der Waals surface area contributed by atoms with Crippen LogP contribution in [0.2, 0.25) is 10.0 Å². The standard InChI is InChI=1S/C16H10Cl2N2O/c17-13-6-4-11(5-7-13)16-12(10-21)9-20(19-16)15-3-1-2-14(18)8-15/h1-10H. The van der Waals surface area contributed by atoms with Gasteiger partial charge in [0.15, 0.2) is 6.29 Å². The van der Waals surface area contributed by atoms with E-state index in [1.165, 1.54) is 0 Å². The Hall–Kier alpha value is -2.10. The van der Waals surface area contributed by atoms with Crippen molar-refractivity contribution >= 4 is 29.5 Å². The molecule has 3 rings (SSSR count). The van der Waals surface area contributed by atoms with Gasteiger partial charge in [-0.1, -0.05) is 41.4 Å². The Bertz CT molecular complexity index is 794. The second kappa shape index (κ2) is 5.72. The zero-order chi connectivity index (χ0) is 14.8. The topological polar surface area (TPSA) is 34.9 Å². The van der Waals surface area contributed by atoms with E-state index in [2.05, 4.69) is 5.10 Å². The fraction of sp³-hybridized carbons (Fsp3) is 0. The van der Waals surface area contributed by atoms with Crippen molar-refractivity contribution in [3.63, 3.8) is 0 Å². The lowest BCUT2D eigenvalue weighted by Gasteiger charge is -2.01. The van der Waals surface area contributed by atoms with Crippen LogP contribution in [0.25, 0.3) is 16.9 Å². The van der Waals surface area contributed by atoms with E-state index in [9.17, 15) is 4.79 Å². The molecule has 0 aliphatic rings. The molecule has 5 heteroatoms. The van der Waals surface area contributed by atoms with Gasteiger partial charge >= 0.3 is 0 Å². The number of rotatable bonds is 3. The summed E-state index contributed by atoms with van der Waals surface area (Å²) in [6.07, 6.45) is 2.47. The molecule has 21 heavy (non-hydrogen) atoms. The Morgan fingerprint density at radius 1 is 1.00 bits per heavy atom. The molecule has 104 valence electrons. The number of aromatic nitrogens is 2. The summed E-state index contributed by atoms with van der Waals surface area (Å²) in [5.41, 5.74) is 2.76. The molecule has 0 aliphatic carbocycles. The van der Waals surface area contributed by atoms with Crippen LogP contribution in [-0.4, -0.2) is 16.1 Å². The third-order valence-electron chi connectivity index (χ3n) is 3.06. The highest BCUT2D eigenvalue weighted by Crippen LogP contribution is 2.24. The molecule has 3 nitrogen and oxygen atoms in total. The Labute approximate surface area is 131 Å². The minimum Gasteiger partial charge on any atom is -0.298 e. The Balaban J connectivity index is 2.10. The Morgan fingerprint density at radius 3 is 2.43 bits per heavy atom. The summed E-state index contributed by atoms with van der Waals surface area (Å²) in [4.78, 5) is 11.3. The molecule has 0 unspecified atom stereocenters. The number of hydrogen-bond donors (Lipinski definition) is 0. The molecule has 0 aliphatic heterocycles. The smallest absolute Gasteiger partial charge is 0.153 e. The molecule has 0 bridgehead atoms. The zero-order valence-corrected chi connectivity index (χ0v) is 12.3. The second-order valence-electron chi connectivity index (χ2n) is 4.48. The summed E-state index contributed by atoms with van der Waals surface area (Å²) >= 11 is 11.9. The summed E-state index contributed by atoms with van der Waals surface area (Å²) in [5, 5.41) is 5.73. The highest BCUT2D eigenvalue weighted by molar-refractivity contribution is 6.31. The van der Waals surface area contributed by atoms with E-state index < -0.39 is 0 Å². The van der Waals surface area contributed by atoms with Crippen LogP contribution in [0.4, 0.5) is 0 Å². The van der Waals surface area contributed by atoms with E-state index in [0.29, 0.717) is 21.3 Å². The first-order valence-electron chi connectivity index (χ1n) is 6.24. The molecule has 0 radical (unpaired) electrons. The molecule has 0 N–H and O–H groups in total. The van der Waals surface area contributed by atoms with Gasteiger partial charge in [0.1, 0.15) is 5.69 Å². The van der Waals surface area contributed by atoms with E-state index in [0.717, 1.165) is 17.5 Å². The summed E-state index contributed by atoms with van der Waals surface area (Å²) in [6.45, 7) is 0. The van der Waals surface area contributed by atoms with Gasteiger partial charge in [0.05, 0.1) is 11.3 Å². The molecule has 0 amide bonds. The highest BCUT2D eigenvalue weighted by atomic mass is 35.5. The molecular formula is C16H10Cl2N2O. The predicted molar refractivity (Wildman–Crippen MR) is 84.4 cm³/mol. The number of hydrogen-bond acceptors (Lipinski definition) is 2. The number of halogens is 2. The number of benzene rings is 2. The van der Waals surface area contributed by atoms with Crippen LogP contribution in [0.15, 0.2) is 54.7 Å². The van der Waals surface area contributed by atoms with Gasteiger partial charge in [-0.3, -0.25) is 4.79 Å². The van der Waals surface area contributed by atoms with Crippen LogP contribution in [0.1, 0.15) is 10.4 Å². The summed E-state index contributed by atoms with van der Waals surface area (Å²) in [7, 11) is 0. The van der Waals surface area contributed by atoms with Gasteiger partial charge in [-0.05, 0) is 30.3 Å². The highest BCUT2D eigenvalue weighted by Gasteiger charge is 2.11. The lowest BCUT2D eigenvalue weighted by atomic mass is 10.1. The Kier molecular flexibility index (Phi) is 3.78. The van der Waals surface area contributed by atoms with Crippen molar-refractivity contribution in [1.82, 2.24) is 9.78 Å². The summed E-state index contributed by atoms with van der Waals surface area (Å²) in [5.74, 6) is 0. The van der Waals surface area contributed by atoms with Gasteiger partial charge in [-0.2, -0.15) is 5.10 Å². The van der Waals surface area contributed by atoms with Crippen LogP contribution in [0, 0.1) is 0 Å². The quantitative estimate of drug-likeness (QED) is 0.659. The normalized spacial score (nSPS) is 10.6. The van der Waals surface area contributed by atoms with Crippen molar-refractivity contribution in [3.05, 3.63) is 70.3 Å². The van der Waals surface area contributed by atoms with Gasteiger partial charge in [0, 0.05) is 21.8 Å². The lowest BCUT2D eigenvalue weighted by Crippen LogP contribution is -1.94. The minimum absolute atomic E-state index is 0.511. The molecule has 1 aromatic heterocycles. The number of nitrogens with zero attached hydrogens (tertiary/aromatic N) is 2. The SMILES string of the molecule is O=Cc1cn(-c2cccc(Cl)c2)nc1-c1ccc(Cl)cc1. The largest absolute Gasteiger partial charge is 0.298 e. The number of carbonyl (C=O) groups is 1. The number of carbonyl (C=O) groups excluding carboxylic acids is 1. The van der Waals surface area contributed by atoms with Crippen molar-refractivity contribution < 1.29 is 4.79 Å². The van der Waals surface area contributed by atoms with Crippen molar-refractivity contribution in [2.75, 3.05) is 0 Å². The fourth-order valence-electron chi connectivity index (χ4n) is 2.06. The molecule has 0 fully saturated rings. The van der Waals surface area contributed by atoms with E-state index in [1.807, 2.05) is 24.3 Å². The van der Waals surface area contributed by atoms with Gasteiger partial charge in [-0.15, -0.1) is 0 Å². The van der Waals surface area contributed by atoms with Crippen molar-refractivity contribution in [3.8, 4) is 16.9 Å².